The van der Waals surface area contributed by atoms with Crippen LogP contribution in [0.5, 0.6) is 11.5 Å². The number of ether oxygens (including phenoxy) is 2. The van der Waals surface area contributed by atoms with Crippen LogP contribution in [0.15, 0.2) is 60.2 Å². The Balaban J connectivity index is 2.02. The summed E-state index contributed by atoms with van der Waals surface area (Å²) in [5, 5.41) is 11.6. The molecular formula is C27H23Cl2NO5. The first kappa shape index (κ1) is 24.6. The second-order valence-corrected chi connectivity index (χ2v) is 8.94. The Kier molecular flexibility index (Phi) is 6.79. The van der Waals surface area contributed by atoms with Crippen LogP contribution in [0, 0.1) is 13.8 Å². The fourth-order valence-corrected chi connectivity index (χ4v) is 5.09. The van der Waals surface area contributed by atoms with E-state index in [4.69, 9.17) is 32.7 Å². The normalized spacial score (nSPS) is 17.1. The molecule has 35 heavy (non-hydrogen) atoms. The van der Waals surface area contributed by atoms with E-state index in [0.29, 0.717) is 11.3 Å². The lowest BCUT2D eigenvalue weighted by atomic mass is 9.94. The van der Waals surface area contributed by atoms with E-state index in [0.717, 1.165) is 11.1 Å². The van der Waals surface area contributed by atoms with Crippen molar-refractivity contribution in [2.45, 2.75) is 19.9 Å². The van der Waals surface area contributed by atoms with Crippen LogP contribution in [0.4, 0.5) is 5.69 Å². The Morgan fingerprint density at radius 1 is 0.943 bits per heavy atom. The Hall–Kier alpha value is -3.48. The molecule has 1 aliphatic heterocycles. The number of carbonyl (C=O) groups is 2. The van der Waals surface area contributed by atoms with Crippen molar-refractivity contribution in [3.8, 4) is 11.5 Å². The molecule has 0 radical (unpaired) electrons. The minimum absolute atomic E-state index is 0.0314. The van der Waals surface area contributed by atoms with Crippen LogP contribution in [-0.2, 0) is 9.59 Å². The summed E-state index contributed by atoms with van der Waals surface area (Å²) in [6.45, 7) is 3.82. The first-order chi connectivity index (χ1) is 16.7. The van der Waals surface area contributed by atoms with Gasteiger partial charge in [-0.1, -0.05) is 71.2 Å². The number of amides is 1. The van der Waals surface area contributed by atoms with E-state index in [-0.39, 0.29) is 32.7 Å². The molecule has 0 aliphatic carbocycles. The maximum absolute atomic E-state index is 13.4. The second kappa shape index (κ2) is 9.64. The van der Waals surface area contributed by atoms with Crippen molar-refractivity contribution in [2.75, 3.05) is 19.1 Å². The molecule has 1 saturated heterocycles. The molecule has 1 aliphatic rings. The number of aryl methyl sites for hydroxylation is 2. The van der Waals surface area contributed by atoms with E-state index in [2.05, 4.69) is 0 Å². The third kappa shape index (κ3) is 4.13. The molecule has 1 heterocycles. The number of benzene rings is 3. The molecule has 1 atom stereocenters. The van der Waals surface area contributed by atoms with Gasteiger partial charge in [0.2, 0.25) is 0 Å². The summed E-state index contributed by atoms with van der Waals surface area (Å²) in [5.74, 6) is -1.81. The maximum atomic E-state index is 13.4. The molecule has 1 unspecified atom stereocenters. The molecule has 0 bridgehead atoms. The predicted octanol–water partition coefficient (Wildman–Crippen LogP) is 6.25. The lowest BCUT2D eigenvalue weighted by molar-refractivity contribution is -0.132. The zero-order valence-corrected chi connectivity index (χ0v) is 21.1. The Morgan fingerprint density at radius 2 is 1.60 bits per heavy atom. The van der Waals surface area contributed by atoms with E-state index in [1.54, 1.807) is 30.3 Å². The Morgan fingerprint density at radius 3 is 2.20 bits per heavy atom. The zero-order valence-electron chi connectivity index (χ0n) is 19.6. The van der Waals surface area contributed by atoms with E-state index in [1.807, 2.05) is 32.0 Å². The summed E-state index contributed by atoms with van der Waals surface area (Å²) in [7, 11) is 2.77. The van der Waals surface area contributed by atoms with Gasteiger partial charge in [0.25, 0.3) is 11.7 Å². The molecule has 6 nitrogen and oxygen atoms in total. The largest absolute Gasteiger partial charge is 0.507 e. The standard InChI is InChI=1S/C27H23Cl2NO5/c1-14-10-11-19(15(2)12-14)30-22(16-8-6-5-7-9-16)20(24(32)27(30)33)23(31)17-13-18(28)26(35-4)21(29)25(17)34-3/h5-13,22,31H,1-4H3/b23-20+. The van der Waals surface area contributed by atoms with Crippen LogP contribution >= 0.6 is 23.2 Å². The average Bonchev–Trinajstić information content (AvgIpc) is 3.09. The quantitative estimate of drug-likeness (QED) is 0.248. The zero-order chi connectivity index (χ0) is 25.4. The van der Waals surface area contributed by atoms with Gasteiger partial charge < -0.3 is 14.6 Å². The molecule has 3 aromatic rings. The molecule has 1 amide bonds. The fraction of sp³-hybridized carbons (Fsp3) is 0.185. The molecule has 0 spiro atoms. The molecule has 8 heteroatoms. The van der Waals surface area contributed by atoms with Gasteiger partial charge in [-0.3, -0.25) is 14.5 Å². The molecule has 0 aromatic heterocycles. The van der Waals surface area contributed by atoms with Crippen molar-refractivity contribution in [2.24, 2.45) is 0 Å². The lowest BCUT2D eigenvalue weighted by Gasteiger charge is -2.27. The number of hydrogen-bond donors (Lipinski definition) is 1. The van der Waals surface area contributed by atoms with Gasteiger partial charge in [0.15, 0.2) is 11.5 Å². The van der Waals surface area contributed by atoms with Crippen molar-refractivity contribution < 1.29 is 24.2 Å². The van der Waals surface area contributed by atoms with Gasteiger partial charge >= 0.3 is 0 Å². The number of hydrogen-bond acceptors (Lipinski definition) is 5. The van der Waals surface area contributed by atoms with Crippen molar-refractivity contribution in [3.05, 3.63) is 92.5 Å². The molecule has 1 fully saturated rings. The Labute approximate surface area is 213 Å². The third-order valence-electron chi connectivity index (χ3n) is 5.97. The minimum Gasteiger partial charge on any atom is -0.507 e. The molecule has 0 saturated carbocycles. The highest BCUT2D eigenvalue weighted by Crippen LogP contribution is 2.48. The summed E-state index contributed by atoms with van der Waals surface area (Å²) in [6.07, 6.45) is 0. The van der Waals surface area contributed by atoms with Gasteiger partial charge in [-0.25, -0.2) is 0 Å². The number of ketones is 1. The number of halogens is 2. The van der Waals surface area contributed by atoms with Gasteiger partial charge in [-0.15, -0.1) is 0 Å². The van der Waals surface area contributed by atoms with Crippen LogP contribution in [0.2, 0.25) is 10.0 Å². The summed E-state index contributed by atoms with van der Waals surface area (Å²) in [4.78, 5) is 28.2. The third-order valence-corrected chi connectivity index (χ3v) is 6.59. The smallest absolute Gasteiger partial charge is 0.300 e. The number of anilines is 1. The van der Waals surface area contributed by atoms with Gasteiger partial charge in [0.1, 0.15) is 10.8 Å². The van der Waals surface area contributed by atoms with E-state index in [1.165, 1.54) is 25.2 Å². The lowest BCUT2D eigenvalue weighted by Crippen LogP contribution is -2.30. The molecule has 3 aromatic carbocycles. The van der Waals surface area contributed by atoms with Crippen LogP contribution < -0.4 is 14.4 Å². The number of rotatable bonds is 5. The fourth-order valence-electron chi connectivity index (χ4n) is 4.40. The highest BCUT2D eigenvalue weighted by Gasteiger charge is 2.47. The van der Waals surface area contributed by atoms with Crippen molar-refractivity contribution in [1.82, 2.24) is 0 Å². The number of methoxy groups -OCH3 is 2. The minimum atomic E-state index is -0.887. The van der Waals surface area contributed by atoms with E-state index < -0.39 is 23.5 Å². The maximum Gasteiger partial charge on any atom is 0.300 e. The van der Waals surface area contributed by atoms with Crippen LogP contribution in [0.1, 0.15) is 28.3 Å². The first-order valence-electron chi connectivity index (χ1n) is 10.7. The number of nitrogens with zero attached hydrogens (tertiary/aromatic N) is 1. The SMILES string of the molecule is COc1c(Cl)cc(/C(O)=C2\C(=O)C(=O)N(c3ccc(C)cc3C)C2c2ccccc2)c(OC)c1Cl. The van der Waals surface area contributed by atoms with Gasteiger partial charge in [0.05, 0.1) is 36.4 Å². The number of aliphatic hydroxyl groups excluding tert-OH is 1. The average molecular weight is 512 g/mol. The summed E-state index contributed by atoms with van der Waals surface area (Å²) in [6, 6.07) is 15.1. The van der Waals surface area contributed by atoms with Crippen molar-refractivity contribution >= 4 is 46.3 Å². The molecule has 4 rings (SSSR count). The Bertz CT molecular complexity index is 1370. The number of aliphatic hydroxyl groups is 1. The summed E-state index contributed by atoms with van der Waals surface area (Å²) < 4.78 is 10.7. The van der Waals surface area contributed by atoms with Gasteiger partial charge in [-0.05, 0) is 37.1 Å². The topological polar surface area (TPSA) is 76.1 Å². The predicted molar refractivity (Wildman–Crippen MR) is 137 cm³/mol. The van der Waals surface area contributed by atoms with Crippen LogP contribution in [-0.4, -0.2) is 31.0 Å². The van der Waals surface area contributed by atoms with Crippen molar-refractivity contribution in [3.63, 3.8) is 0 Å². The van der Waals surface area contributed by atoms with Crippen LogP contribution in [0.3, 0.4) is 0 Å². The highest BCUT2D eigenvalue weighted by atomic mass is 35.5. The molecule has 1 N–H and O–H groups in total. The van der Waals surface area contributed by atoms with E-state index in [9.17, 15) is 14.7 Å². The first-order valence-corrected chi connectivity index (χ1v) is 11.5. The van der Waals surface area contributed by atoms with Crippen LogP contribution in [0.25, 0.3) is 5.76 Å². The van der Waals surface area contributed by atoms with Crippen molar-refractivity contribution in [1.29, 1.82) is 0 Å². The number of Topliss-reactive ketones (excluding diaryl/α,β-unsaturated/α-hetero) is 1. The molecular weight excluding hydrogens is 489 g/mol. The highest BCUT2D eigenvalue weighted by molar-refractivity contribution is 6.52. The second-order valence-electron chi connectivity index (χ2n) is 8.16. The monoisotopic (exact) mass is 511 g/mol. The van der Waals surface area contributed by atoms with Gasteiger partial charge in [-0.2, -0.15) is 0 Å². The summed E-state index contributed by atoms with van der Waals surface area (Å²) in [5.41, 5.74) is 3.04. The molecule has 180 valence electrons. The van der Waals surface area contributed by atoms with E-state index >= 15 is 0 Å². The van der Waals surface area contributed by atoms with Gasteiger partial charge in [0, 0.05) is 5.69 Å². The summed E-state index contributed by atoms with van der Waals surface area (Å²) >= 11 is 12.8. The number of carbonyl (C=O) groups excluding carboxylic acids is 2.